The molecule has 3 aromatic rings. The number of fused-ring (bicyclic) bond motifs is 1. The number of aryl methyl sites for hydroxylation is 2. The molecule has 0 saturated heterocycles. The van der Waals surface area contributed by atoms with E-state index in [9.17, 15) is 4.39 Å². The monoisotopic (exact) mass is 255 g/mol. The second kappa shape index (κ2) is 4.09. The number of aromatic nitrogens is 2. The number of nitrogens with two attached hydrogens (primary N) is 1. The summed E-state index contributed by atoms with van der Waals surface area (Å²) >= 11 is 0. The molecule has 3 rings (SSSR count). The van der Waals surface area contributed by atoms with E-state index < -0.39 is 0 Å². The minimum absolute atomic E-state index is 0.274. The molecular formula is C15H14FN3. The maximum absolute atomic E-state index is 13.6. The first-order chi connectivity index (χ1) is 9.04. The third kappa shape index (κ3) is 1.95. The average Bonchev–Trinajstić information content (AvgIpc) is 2.63. The van der Waals surface area contributed by atoms with Gasteiger partial charge in [0.25, 0.3) is 0 Å². The van der Waals surface area contributed by atoms with Crippen LogP contribution in [0.1, 0.15) is 11.1 Å². The topological polar surface area (TPSA) is 43.8 Å². The third-order valence-electron chi connectivity index (χ3n) is 3.12. The Balaban J connectivity index is 2.35. The molecule has 1 heterocycles. The predicted molar refractivity (Wildman–Crippen MR) is 74.9 cm³/mol. The quantitative estimate of drug-likeness (QED) is 0.724. The first-order valence-electron chi connectivity index (χ1n) is 6.07. The first kappa shape index (κ1) is 11.7. The van der Waals surface area contributed by atoms with E-state index in [0.29, 0.717) is 11.6 Å². The van der Waals surface area contributed by atoms with Gasteiger partial charge in [-0.25, -0.2) is 9.37 Å². The van der Waals surface area contributed by atoms with E-state index in [-0.39, 0.29) is 5.82 Å². The Morgan fingerprint density at radius 1 is 1.05 bits per heavy atom. The number of imidazole rings is 1. The first-order valence-corrected chi connectivity index (χ1v) is 6.07. The average molecular weight is 255 g/mol. The van der Waals surface area contributed by atoms with Crippen LogP contribution in [-0.4, -0.2) is 9.55 Å². The van der Waals surface area contributed by atoms with Crippen molar-refractivity contribution >= 4 is 17.0 Å². The van der Waals surface area contributed by atoms with Crippen molar-refractivity contribution < 1.29 is 4.39 Å². The van der Waals surface area contributed by atoms with Crippen molar-refractivity contribution in [2.24, 2.45) is 0 Å². The Hall–Kier alpha value is -2.36. The summed E-state index contributed by atoms with van der Waals surface area (Å²) in [5.41, 5.74) is 10.3. The lowest BCUT2D eigenvalue weighted by atomic mass is 10.2. The number of halogens is 1. The number of hydrogen-bond acceptors (Lipinski definition) is 2. The van der Waals surface area contributed by atoms with Gasteiger partial charge in [-0.2, -0.15) is 0 Å². The van der Waals surface area contributed by atoms with Crippen molar-refractivity contribution in [3.05, 3.63) is 53.3 Å². The lowest BCUT2D eigenvalue weighted by molar-refractivity contribution is 0.625. The highest BCUT2D eigenvalue weighted by atomic mass is 19.1. The Morgan fingerprint density at radius 2 is 1.84 bits per heavy atom. The van der Waals surface area contributed by atoms with Gasteiger partial charge in [-0.05, 0) is 55.3 Å². The summed E-state index contributed by atoms with van der Waals surface area (Å²) in [5.74, 6) is 0.0921. The summed E-state index contributed by atoms with van der Waals surface area (Å²) < 4.78 is 15.3. The molecule has 0 atom stereocenters. The largest absolute Gasteiger partial charge is 0.369 e. The fraction of sp³-hybridized carbons (Fsp3) is 0.133. The molecule has 2 aromatic carbocycles. The molecule has 0 amide bonds. The number of rotatable bonds is 1. The standard InChI is InChI=1S/C15H14FN3/c1-9-3-4-13-14(7-9)19(15(17)18-13)12-6-10(2)5-11(16)8-12/h3-8H,1-2H3,(H2,17,18). The summed E-state index contributed by atoms with van der Waals surface area (Å²) in [6.07, 6.45) is 0. The zero-order valence-electron chi connectivity index (χ0n) is 10.8. The summed E-state index contributed by atoms with van der Waals surface area (Å²) in [4.78, 5) is 4.31. The molecular weight excluding hydrogens is 241 g/mol. The molecule has 0 aliphatic heterocycles. The molecule has 4 heteroatoms. The van der Waals surface area contributed by atoms with E-state index in [4.69, 9.17) is 5.73 Å². The van der Waals surface area contributed by atoms with Crippen molar-refractivity contribution in [2.45, 2.75) is 13.8 Å². The normalized spacial score (nSPS) is 11.1. The highest BCUT2D eigenvalue weighted by Crippen LogP contribution is 2.25. The van der Waals surface area contributed by atoms with Gasteiger partial charge in [-0.1, -0.05) is 6.07 Å². The fourth-order valence-corrected chi connectivity index (χ4v) is 2.32. The zero-order valence-corrected chi connectivity index (χ0v) is 10.8. The lowest BCUT2D eigenvalue weighted by Crippen LogP contribution is -2.01. The van der Waals surface area contributed by atoms with Gasteiger partial charge in [0.1, 0.15) is 5.82 Å². The molecule has 0 spiro atoms. The Morgan fingerprint density at radius 3 is 2.58 bits per heavy atom. The lowest BCUT2D eigenvalue weighted by Gasteiger charge is -2.08. The highest BCUT2D eigenvalue weighted by molar-refractivity contribution is 5.81. The maximum Gasteiger partial charge on any atom is 0.205 e. The second-order valence-corrected chi connectivity index (χ2v) is 4.78. The summed E-state index contributed by atoms with van der Waals surface area (Å²) in [5, 5.41) is 0. The smallest absolute Gasteiger partial charge is 0.205 e. The molecule has 0 fully saturated rings. The SMILES string of the molecule is Cc1cc(F)cc(-n2c(N)nc3ccc(C)cc32)c1. The van der Waals surface area contributed by atoms with Crippen LogP contribution in [0.3, 0.4) is 0 Å². The summed E-state index contributed by atoms with van der Waals surface area (Å²) in [6.45, 7) is 3.86. The molecule has 0 saturated carbocycles. The van der Waals surface area contributed by atoms with E-state index >= 15 is 0 Å². The summed E-state index contributed by atoms with van der Waals surface area (Å²) in [6, 6.07) is 10.7. The number of hydrogen-bond donors (Lipinski definition) is 1. The van der Waals surface area contributed by atoms with Gasteiger partial charge >= 0.3 is 0 Å². The van der Waals surface area contributed by atoms with Gasteiger partial charge in [-0.15, -0.1) is 0 Å². The molecule has 0 bridgehead atoms. The number of benzene rings is 2. The maximum atomic E-state index is 13.6. The van der Waals surface area contributed by atoms with Crippen LogP contribution in [-0.2, 0) is 0 Å². The summed E-state index contributed by atoms with van der Waals surface area (Å²) in [7, 11) is 0. The van der Waals surface area contributed by atoms with E-state index in [1.165, 1.54) is 12.1 Å². The molecule has 2 N–H and O–H groups in total. The van der Waals surface area contributed by atoms with Crippen LogP contribution in [0.2, 0.25) is 0 Å². The van der Waals surface area contributed by atoms with E-state index in [0.717, 1.165) is 22.2 Å². The Labute approximate surface area is 110 Å². The molecule has 0 unspecified atom stereocenters. The Kier molecular flexibility index (Phi) is 2.52. The van der Waals surface area contributed by atoms with Gasteiger partial charge < -0.3 is 5.73 Å². The van der Waals surface area contributed by atoms with Gasteiger partial charge in [0.05, 0.1) is 16.7 Å². The third-order valence-corrected chi connectivity index (χ3v) is 3.12. The second-order valence-electron chi connectivity index (χ2n) is 4.78. The van der Waals surface area contributed by atoms with Crippen LogP contribution in [0.4, 0.5) is 10.3 Å². The minimum Gasteiger partial charge on any atom is -0.369 e. The zero-order chi connectivity index (χ0) is 13.6. The van der Waals surface area contributed by atoms with Gasteiger partial charge in [0, 0.05) is 0 Å². The van der Waals surface area contributed by atoms with E-state index in [1.807, 2.05) is 38.1 Å². The molecule has 3 nitrogen and oxygen atoms in total. The van der Waals surface area contributed by atoms with Gasteiger partial charge in [0.2, 0.25) is 5.95 Å². The molecule has 1 aromatic heterocycles. The molecule has 0 aliphatic rings. The molecule has 0 radical (unpaired) electrons. The van der Waals surface area contributed by atoms with Crippen molar-refractivity contribution in [1.29, 1.82) is 0 Å². The highest BCUT2D eigenvalue weighted by Gasteiger charge is 2.11. The van der Waals surface area contributed by atoms with Gasteiger partial charge in [-0.3, -0.25) is 4.57 Å². The van der Waals surface area contributed by atoms with Crippen LogP contribution < -0.4 is 5.73 Å². The van der Waals surface area contributed by atoms with Crippen molar-refractivity contribution in [2.75, 3.05) is 5.73 Å². The van der Waals surface area contributed by atoms with Crippen LogP contribution in [0.5, 0.6) is 0 Å². The van der Waals surface area contributed by atoms with Crippen LogP contribution >= 0.6 is 0 Å². The minimum atomic E-state index is -0.274. The molecule has 19 heavy (non-hydrogen) atoms. The van der Waals surface area contributed by atoms with E-state index in [2.05, 4.69) is 4.98 Å². The van der Waals surface area contributed by atoms with Crippen LogP contribution in [0.25, 0.3) is 16.7 Å². The predicted octanol–water partition coefficient (Wildman–Crippen LogP) is 3.36. The molecule has 0 aliphatic carbocycles. The van der Waals surface area contributed by atoms with Crippen LogP contribution in [0, 0.1) is 19.7 Å². The number of anilines is 1. The van der Waals surface area contributed by atoms with Gasteiger partial charge in [0.15, 0.2) is 0 Å². The van der Waals surface area contributed by atoms with E-state index in [1.54, 1.807) is 4.57 Å². The van der Waals surface area contributed by atoms with Crippen molar-refractivity contribution in [1.82, 2.24) is 9.55 Å². The fourth-order valence-electron chi connectivity index (χ4n) is 2.32. The number of nitrogens with zero attached hydrogens (tertiary/aromatic N) is 2. The van der Waals surface area contributed by atoms with Crippen LogP contribution in [0.15, 0.2) is 36.4 Å². The van der Waals surface area contributed by atoms with Crippen molar-refractivity contribution in [3.63, 3.8) is 0 Å². The van der Waals surface area contributed by atoms with Crippen molar-refractivity contribution in [3.8, 4) is 5.69 Å². The number of nitrogen functional groups attached to an aromatic ring is 1. The molecule has 96 valence electrons. The Bertz CT molecular complexity index is 754.